The first-order valence-corrected chi connectivity index (χ1v) is 9.03. The van der Waals surface area contributed by atoms with Crippen molar-refractivity contribution >= 4 is 0 Å². The molecule has 2 fully saturated rings. The van der Waals surface area contributed by atoms with Gasteiger partial charge < -0.3 is 14.8 Å². The zero-order valence-corrected chi connectivity index (χ0v) is 14.7. The lowest BCUT2D eigenvalue weighted by atomic mass is 10.1. The Morgan fingerprint density at radius 2 is 2.00 bits per heavy atom. The first-order valence-electron chi connectivity index (χ1n) is 9.03. The van der Waals surface area contributed by atoms with Gasteiger partial charge in [-0.1, -0.05) is 6.07 Å². The molecule has 2 saturated heterocycles. The molecule has 25 heavy (non-hydrogen) atoms. The Morgan fingerprint density at radius 3 is 2.64 bits per heavy atom. The lowest BCUT2D eigenvalue weighted by Gasteiger charge is -2.37. The van der Waals surface area contributed by atoms with E-state index in [2.05, 4.69) is 19.9 Å². The molecule has 2 heterocycles. The predicted molar refractivity (Wildman–Crippen MR) is 92.4 cm³/mol. The zero-order chi connectivity index (χ0) is 17.6. The van der Waals surface area contributed by atoms with Crippen LogP contribution in [0, 0.1) is 0 Å². The van der Waals surface area contributed by atoms with Crippen LogP contribution in [-0.2, 0) is 6.54 Å². The van der Waals surface area contributed by atoms with Gasteiger partial charge in [-0.15, -0.1) is 0 Å². The summed E-state index contributed by atoms with van der Waals surface area (Å²) in [5.41, 5.74) is 1.06. The maximum atomic E-state index is 12.5. The number of benzene rings is 1. The second-order valence-corrected chi connectivity index (χ2v) is 6.55. The molecule has 1 unspecified atom stereocenters. The summed E-state index contributed by atoms with van der Waals surface area (Å²) >= 11 is 0. The molecule has 1 N–H and O–H groups in total. The number of hydrogen-bond donors (Lipinski definition) is 1. The molecule has 2 aliphatic rings. The summed E-state index contributed by atoms with van der Waals surface area (Å²) in [5, 5.41) is 3.42. The Balaban J connectivity index is 1.56. The molecular formula is C18H27F2N3O2. The van der Waals surface area contributed by atoms with Gasteiger partial charge in [-0.05, 0) is 37.6 Å². The predicted octanol–water partition coefficient (Wildman–Crippen LogP) is 2.17. The smallest absolute Gasteiger partial charge is 0.387 e. The lowest BCUT2D eigenvalue weighted by Crippen LogP contribution is -2.50. The van der Waals surface area contributed by atoms with Gasteiger partial charge in [0, 0.05) is 45.3 Å². The minimum absolute atomic E-state index is 0.0964. The van der Waals surface area contributed by atoms with E-state index < -0.39 is 6.61 Å². The maximum Gasteiger partial charge on any atom is 0.387 e. The van der Waals surface area contributed by atoms with Gasteiger partial charge in [0.05, 0.1) is 6.61 Å². The average Bonchev–Trinajstić information content (AvgIpc) is 3.12. The van der Waals surface area contributed by atoms with E-state index >= 15 is 0 Å². The summed E-state index contributed by atoms with van der Waals surface area (Å²) < 4.78 is 35.0. The van der Waals surface area contributed by atoms with Crippen LogP contribution in [0.1, 0.15) is 18.9 Å². The third-order valence-corrected chi connectivity index (χ3v) is 4.89. The third-order valence-electron chi connectivity index (χ3n) is 4.89. The van der Waals surface area contributed by atoms with E-state index in [-0.39, 0.29) is 5.75 Å². The number of nitrogens with one attached hydrogen (secondary N) is 1. The topological polar surface area (TPSA) is 37.0 Å². The Bertz CT molecular complexity index is 545. The molecule has 0 amide bonds. The second-order valence-electron chi connectivity index (χ2n) is 6.55. The van der Waals surface area contributed by atoms with Crippen LogP contribution in [0.15, 0.2) is 18.2 Å². The minimum atomic E-state index is -2.84. The van der Waals surface area contributed by atoms with Crippen LogP contribution < -0.4 is 14.8 Å². The summed E-state index contributed by atoms with van der Waals surface area (Å²) in [7, 11) is 0. The molecular weight excluding hydrogens is 328 g/mol. The van der Waals surface area contributed by atoms with Crippen molar-refractivity contribution in [2.24, 2.45) is 0 Å². The quantitative estimate of drug-likeness (QED) is 0.811. The van der Waals surface area contributed by atoms with E-state index in [0.29, 0.717) is 18.4 Å². The van der Waals surface area contributed by atoms with Crippen LogP contribution in [0.5, 0.6) is 11.5 Å². The molecule has 3 rings (SSSR count). The van der Waals surface area contributed by atoms with Crippen molar-refractivity contribution in [2.45, 2.75) is 32.5 Å². The number of hydrogen-bond acceptors (Lipinski definition) is 5. The Hall–Kier alpha value is -1.44. The van der Waals surface area contributed by atoms with Crippen molar-refractivity contribution in [3.05, 3.63) is 23.8 Å². The molecule has 2 aliphatic heterocycles. The van der Waals surface area contributed by atoms with Gasteiger partial charge >= 0.3 is 6.61 Å². The van der Waals surface area contributed by atoms with Crippen LogP contribution in [0.2, 0.25) is 0 Å². The molecule has 0 bridgehead atoms. The van der Waals surface area contributed by atoms with Crippen molar-refractivity contribution < 1.29 is 18.3 Å². The number of halogens is 2. The molecule has 0 aliphatic carbocycles. The fourth-order valence-electron chi connectivity index (χ4n) is 3.61. The van der Waals surface area contributed by atoms with E-state index in [4.69, 9.17) is 4.74 Å². The first-order chi connectivity index (χ1) is 12.2. The summed E-state index contributed by atoms with van der Waals surface area (Å²) in [6, 6.07) is 5.91. The zero-order valence-electron chi connectivity index (χ0n) is 14.7. The Kier molecular flexibility index (Phi) is 6.45. The summed E-state index contributed by atoms with van der Waals surface area (Å²) in [5.74, 6) is 0.482. The van der Waals surface area contributed by atoms with Gasteiger partial charge in [0.1, 0.15) is 0 Å². The summed E-state index contributed by atoms with van der Waals surface area (Å²) in [6.07, 6.45) is 1.24. The van der Waals surface area contributed by atoms with E-state index in [0.717, 1.165) is 51.4 Å². The molecule has 0 saturated carbocycles. The van der Waals surface area contributed by atoms with Gasteiger partial charge in [-0.25, -0.2) is 0 Å². The molecule has 140 valence electrons. The molecule has 1 aromatic rings. The Morgan fingerprint density at radius 1 is 1.20 bits per heavy atom. The van der Waals surface area contributed by atoms with E-state index in [1.165, 1.54) is 6.42 Å². The van der Waals surface area contributed by atoms with Gasteiger partial charge in [-0.2, -0.15) is 8.78 Å². The highest BCUT2D eigenvalue weighted by molar-refractivity contribution is 5.43. The van der Waals surface area contributed by atoms with Crippen molar-refractivity contribution in [3.8, 4) is 11.5 Å². The molecule has 0 spiro atoms. The fraction of sp³-hybridized carbons (Fsp3) is 0.667. The third kappa shape index (κ3) is 5.03. The maximum absolute atomic E-state index is 12.5. The minimum Gasteiger partial charge on any atom is -0.490 e. The van der Waals surface area contributed by atoms with Gasteiger partial charge in [-0.3, -0.25) is 9.80 Å². The van der Waals surface area contributed by atoms with Gasteiger partial charge in [0.15, 0.2) is 11.5 Å². The first kappa shape index (κ1) is 18.4. The number of rotatable bonds is 7. The largest absolute Gasteiger partial charge is 0.490 e. The van der Waals surface area contributed by atoms with Crippen LogP contribution >= 0.6 is 0 Å². The van der Waals surface area contributed by atoms with Gasteiger partial charge in [0.2, 0.25) is 0 Å². The van der Waals surface area contributed by atoms with Crippen molar-refractivity contribution in [3.63, 3.8) is 0 Å². The lowest BCUT2D eigenvalue weighted by molar-refractivity contribution is -0.0514. The van der Waals surface area contributed by atoms with E-state index in [9.17, 15) is 8.78 Å². The number of nitrogens with zero attached hydrogens (tertiary/aromatic N) is 2. The van der Waals surface area contributed by atoms with Crippen LogP contribution in [0.25, 0.3) is 0 Å². The molecule has 7 heteroatoms. The fourth-order valence-corrected chi connectivity index (χ4v) is 3.61. The Labute approximate surface area is 147 Å². The van der Waals surface area contributed by atoms with Gasteiger partial charge in [0.25, 0.3) is 0 Å². The normalized spacial score (nSPS) is 22.5. The van der Waals surface area contributed by atoms with Crippen molar-refractivity contribution in [1.82, 2.24) is 15.1 Å². The molecule has 1 aromatic carbocycles. The number of alkyl halides is 2. The van der Waals surface area contributed by atoms with Crippen molar-refractivity contribution in [1.29, 1.82) is 0 Å². The molecule has 1 atom stereocenters. The summed E-state index contributed by atoms with van der Waals surface area (Å²) in [6.45, 7) is 6.63. The number of ether oxygens (including phenoxy) is 2. The summed E-state index contributed by atoms with van der Waals surface area (Å²) in [4.78, 5) is 4.97. The van der Waals surface area contributed by atoms with Crippen LogP contribution in [-0.4, -0.2) is 68.3 Å². The second kappa shape index (κ2) is 8.78. The van der Waals surface area contributed by atoms with Crippen LogP contribution in [0.4, 0.5) is 8.78 Å². The highest BCUT2D eigenvalue weighted by Gasteiger charge is 2.26. The highest BCUT2D eigenvalue weighted by atomic mass is 19.3. The van der Waals surface area contributed by atoms with Crippen LogP contribution in [0.3, 0.4) is 0 Å². The standard InChI is InChI=1S/C18H27F2N3O2/c1-2-24-17-11-14(3-4-16(17)25-18(19)20)13-22-7-9-23(10-8-22)15-5-6-21-12-15/h3-4,11,15,18,21H,2,5-10,12-13H2,1H3. The molecule has 5 nitrogen and oxygen atoms in total. The van der Waals surface area contributed by atoms with E-state index in [1.54, 1.807) is 6.07 Å². The molecule has 0 aromatic heterocycles. The van der Waals surface area contributed by atoms with E-state index in [1.807, 2.05) is 19.1 Å². The number of piperazine rings is 1. The molecule has 0 radical (unpaired) electrons. The van der Waals surface area contributed by atoms with Crippen molar-refractivity contribution in [2.75, 3.05) is 45.9 Å². The average molecular weight is 355 g/mol. The monoisotopic (exact) mass is 355 g/mol. The highest BCUT2D eigenvalue weighted by Crippen LogP contribution is 2.30. The SMILES string of the molecule is CCOc1cc(CN2CCN(C3CCNC3)CC2)ccc1OC(F)F.